The van der Waals surface area contributed by atoms with Gasteiger partial charge in [-0.2, -0.15) is 0 Å². The van der Waals surface area contributed by atoms with Crippen LogP contribution >= 0.6 is 45.2 Å². The Morgan fingerprint density at radius 2 is 2.00 bits per heavy atom. The molecule has 2 unspecified atom stereocenters. The van der Waals surface area contributed by atoms with Crippen molar-refractivity contribution in [1.29, 1.82) is 0 Å². The van der Waals surface area contributed by atoms with Gasteiger partial charge in [0.1, 0.15) is 11.9 Å². The van der Waals surface area contributed by atoms with Crippen LogP contribution < -0.4 is 4.74 Å². The summed E-state index contributed by atoms with van der Waals surface area (Å²) in [5.74, 6) is -0.757. The number of carbonyl (C=O) groups excluding carboxylic acids is 1. The van der Waals surface area contributed by atoms with Crippen molar-refractivity contribution in [2.45, 2.75) is 26.1 Å². The summed E-state index contributed by atoms with van der Waals surface area (Å²) < 4.78 is 20.7. The molecule has 4 nitrogen and oxygen atoms in total. The molecule has 0 aliphatic carbocycles. The molecule has 1 aromatic rings. The predicted octanol–water partition coefficient (Wildman–Crippen LogP) is 2.84. The van der Waals surface area contributed by atoms with E-state index >= 15 is 0 Å². The van der Waals surface area contributed by atoms with Gasteiger partial charge in [-0.1, -0.05) is 13.8 Å². The fourth-order valence-electron chi connectivity index (χ4n) is 1.72. The highest BCUT2D eigenvalue weighted by Crippen LogP contribution is 2.23. The molecule has 2 atom stereocenters. The molecular formula is C14H18FI2NO3. The summed E-state index contributed by atoms with van der Waals surface area (Å²) in [6.07, 6.45) is -3.44. The maximum atomic E-state index is 14.0. The van der Waals surface area contributed by atoms with Crippen molar-refractivity contribution in [3.63, 3.8) is 0 Å². The summed E-state index contributed by atoms with van der Waals surface area (Å²) in [7, 11) is 0. The lowest BCUT2D eigenvalue weighted by molar-refractivity contribution is -0.144. The van der Waals surface area contributed by atoms with Crippen LogP contribution in [0.3, 0.4) is 0 Å². The minimum absolute atomic E-state index is 0.104. The smallest absolute Gasteiger partial charge is 0.348 e. The SMILES string of the molecule is CCN(CC)CC(O)C(F)C(=O)Oc1ccc(I)cc1I. The van der Waals surface area contributed by atoms with Crippen LogP contribution in [0.5, 0.6) is 5.75 Å². The molecule has 0 bridgehead atoms. The van der Waals surface area contributed by atoms with Crippen LogP contribution in [0.1, 0.15) is 13.8 Å². The first kappa shape index (κ1) is 19.0. The summed E-state index contributed by atoms with van der Waals surface area (Å²) in [6, 6.07) is 5.21. The molecule has 1 rings (SSSR count). The molecule has 0 saturated carbocycles. The van der Waals surface area contributed by atoms with E-state index in [9.17, 15) is 14.3 Å². The highest BCUT2D eigenvalue weighted by atomic mass is 127. The minimum Gasteiger partial charge on any atom is -0.423 e. The molecule has 7 heteroatoms. The third kappa shape index (κ3) is 5.95. The van der Waals surface area contributed by atoms with Crippen molar-refractivity contribution >= 4 is 51.2 Å². The maximum Gasteiger partial charge on any atom is 0.348 e. The zero-order valence-corrected chi connectivity index (χ0v) is 16.2. The number of carbonyl (C=O) groups is 1. The molecule has 1 aromatic carbocycles. The van der Waals surface area contributed by atoms with E-state index < -0.39 is 18.2 Å². The monoisotopic (exact) mass is 521 g/mol. The second-order valence-corrected chi connectivity index (χ2v) is 6.86. The fraction of sp³-hybridized carbons (Fsp3) is 0.500. The molecule has 0 saturated heterocycles. The van der Waals surface area contributed by atoms with E-state index in [1.54, 1.807) is 12.1 Å². The van der Waals surface area contributed by atoms with Gasteiger partial charge >= 0.3 is 5.97 Å². The number of alkyl halides is 1. The lowest BCUT2D eigenvalue weighted by atomic mass is 10.2. The average molecular weight is 521 g/mol. The summed E-state index contributed by atoms with van der Waals surface area (Å²) >= 11 is 4.15. The molecule has 0 aliphatic rings. The first-order valence-electron chi connectivity index (χ1n) is 6.60. The number of esters is 1. The van der Waals surface area contributed by atoms with Gasteiger partial charge in [-0.05, 0) is 76.5 Å². The van der Waals surface area contributed by atoms with E-state index in [1.807, 2.05) is 47.4 Å². The third-order valence-corrected chi connectivity index (χ3v) is 4.52. The lowest BCUT2D eigenvalue weighted by Crippen LogP contribution is -2.42. The van der Waals surface area contributed by atoms with Gasteiger partial charge in [-0.3, -0.25) is 0 Å². The number of halogens is 3. The number of ether oxygens (including phenoxy) is 1. The van der Waals surface area contributed by atoms with Gasteiger partial charge in [-0.15, -0.1) is 0 Å². The molecule has 0 fully saturated rings. The topological polar surface area (TPSA) is 49.8 Å². The summed E-state index contributed by atoms with van der Waals surface area (Å²) in [5.41, 5.74) is 0. The molecule has 0 aromatic heterocycles. The Bertz CT molecular complexity index is 483. The van der Waals surface area contributed by atoms with Gasteiger partial charge in [0.2, 0.25) is 6.17 Å². The molecule has 0 amide bonds. The number of hydrogen-bond donors (Lipinski definition) is 1. The van der Waals surface area contributed by atoms with Crippen LogP contribution in [0.4, 0.5) is 4.39 Å². The fourth-order valence-corrected chi connectivity index (χ4v) is 3.43. The summed E-state index contributed by atoms with van der Waals surface area (Å²) in [5, 5.41) is 9.79. The maximum absolute atomic E-state index is 14.0. The number of nitrogens with zero attached hydrogens (tertiary/aromatic N) is 1. The van der Waals surface area contributed by atoms with E-state index in [2.05, 4.69) is 22.6 Å². The number of rotatable bonds is 7. The number of likely N-dealkylation sites (N-methyl/N-ethyl adjacent to an activating group) is 1. The number of hydrogen-bond acceptors (Lipinski definition) is 4. The van der Waals surface area contributed by atoms with Gasteiger partial charge < -0.3 is 14.7 Å². The molecule has 1 N–H and O–H groups in total. The Morgan fingerprint density at radius 3 is 2.52 bits per heavy atom. The van der Waals surface area contributed by atoms with Crippen LogP contribution in [0.2, 0.25) is 0 Å². The lowest BCUT2D eigenvalue weighted by Gasteiger charge is -2.23. The molecular weight excluding hydrogens is 503 g/mol. The Kier molecular flexibility index (Phi) is 8.35. The summed E-state index contributed by atoms with van der Waals surface area (Å²) in [6.45, 7) is 5.30. The van der Waals surface area contributed by atoms with Crippen LogP contribution in [-0.4, -0.2) is 47.9 Å². The molecule has 0 heterocycles. The Hall–Kier alpha value is -0.000000000000000222. The van der Waals surface area contributed by atoms with Crippen molar-refractivity contribution < 1.29 is 19.0 Å². The van der Waals surface area contributed by atoms with E-state index in [0.717, 1.165) is 7.14 Å². The average Bonchev–Trinajstić information content (AvgIpc) is 2.46. The quantitative estimate of drug-likeness (QED) is 0.341. The van der Waals surface area contributed by atoms with Gasteiger partial charge in [0, 0.05) is 10.1 Å². The minimum atomic E-state index is -2.05. The number of aliphatic hydroxyl groups excluding tert-OH is 1. The predicted molar refractivity (Wildman–Crippen MR) is 96.2 cm³/mol. The Morgan fingerprint density at radius 1 is 1.38 bits per heavy atom. The van der Waals surface area contributed by atoms with E-state index in [0.29, 0.717) is 18.8 Å². The van der Waals surface area contributed by atoms with Crippen LogP contribution in [0.15, 0.2) is 18.2 Å². The molecule has 0 radical (unpaired) electrons. The van der Waals surface area contributed by atoms with Gasteiger partial charge in [0.15, 0.2) is 0 Å². The van der Waals surface area contributed by atoms with E-state index in [4.69, 9.17) is 4.74 Å². The molecule has 21 heavy (non-hydrogen) atoms. The highest BCUT2D eigenvalue weighted by Gasteiger charge is 2.29. The first-order chi connectivity index (χ1) is 9.88. The molecule has 118 valence electrons. The molecule has 0 spiro atoms. The Balaban J connectivity index is 2.65. The number of aliphatic hydroxyl groups is 1. The molecule has 0 aliphatic heterocycles. The largest absolute Gasteiger partial charge is 0.423 e. The van der Waals surface area contributed by atoms with Crippen LogP contribution in [-0.2, 0) is 4.79 Å². The first-order valence-corrected chi connectivity index (χ1v) is 8.76. The van der Waals surface area contributed by atoms with Gasteiger partial charge in [-0.25, -0.2) is 9.18 Å². The zero-order chi connectivity index (χ0) is 16.0. The van der Waals surface area contributed by atoms with E-state index in [1.165, 1.54) is 0 Å². The second-order valence-electron chi connectivity index (χ2n) is 4.45. The van der Waals surface area contributed by atoms with Gasteiger partial charge in [0.05, 0.1) is 3.57 Å². The second kappa shape index (κ2) is 9.21. The Labute approximate surface area is 151 Å². The normalized spacial score (nSPS) is 14.0. The van der Waals surface area contributed by atoms with Crippen molar-refractivity contribution in [3.05, 3.63) is 25.3 Å². The highest BCUT2D eigenvalue weighted by molar-refractivity contribution is 14.1. The van der Waals surface area contributed by atoms with Crippen molar-refractivity contribution in [1.82, 2.24) is 4.90 Å². The number of benzene rings is 1. The summed E-state index contributed by atoms with van der Waals surface area (Å²) in [4.78, 5) is 13.6. The van der Waals surface area contributed by atoms with Crippen LogP contribution in [0.25, 0.3) is 0 Å². The van der Waals surface area contributed by atoms with Crippen LogP contribution in [0, 0.1) is 7.14 Å². The van der Waals surface area contributed by atoms with E-state index in [-0.39, 0.29) is 6.54 Å². The van der Waals surface area contributed by atoms with Crippen molar-refractivity contribution in [2.24, 2.45) is 0 Å². The van der Waals surface area contributed by atoms with Crippen molar-refractivity contribution in [2.75, 3.05) is 19.6 Å². The zero-order valence-electron chi connectivity index (χ0n) is 11.9. The standard InChI is InChI=1S/C14H18FI2NO3/c1-3-18(4-2)8-11(19)13(15)14(20)21-12-6-5-9(16)7-10(12)17/h5-7,11,13,19H,3-4,8H2,1-2H3. The van der Waals surface area contributed by atoms with Gasteiger partial charge in [0.25, 0.3) is 0 Å². The third-order valence-electron chi connectivity index (χ3n) is 3.01. The van der Waals surface area contributed by atoms with Crippen molar-refractivity contribution in [3.8, 4) is 5.75 Å².